The molecular weight excluding hydrogens is 292 g/mol. The van der Waals surface area contributed by atoms with Crippen LogP contribution in [0.4, 0.5) is 4.79 Å². The molecule has 124 valence electrons. The van der Waals surface area contributed by atoms with E-state index >= 15 is 0 Å². The second-order valence-electron chi connectivity index (χ2n) is 4.10. The largest absolute Gasteiger partial charge is 0.508 e. The quantitative estimate of drug-likeness (QED) is 0.236. The van der Waals surface area contributed by atoms with Crippen LogP contribution >= 0.6 is 0 Å². The maximum Gasteiger partial charge on any atom is 0.508 e. The van der Waals surface area contributed by atoms with Crippen molar-refractivity contribution in [2.75, 3.05) is 26.4 Å². The Bertz CT molecular complexity index is 342. The minimum Gasteiger partial charge on any atom is -0.463 e. The van der Waals surface area contributed by atoms with Gasteiger partial charge in [-0.25, -0.2) is 14.4 Å². The van der Waals surface area contributed by atoms with Crippen LogP contribution in [0.15, 0.2) is 25.3 Å². The monoisotopic (exact) mass is 314 g/mol. The van der Waals surface area contributed by atoms with Gasteiger partial charge in [0.1, 0.15) is 0 Å². The summed E-state index contributed by atoms with van der Waals surface area (Å²) in [6.07, 6.45) is 3.74. The molecule has 0 bridgehead atoms. The summed E-state index contributed by atoms with van der Waals surface area (Å²) in [5.41, 5.74) is 0. The summed E-state index contributed by atoms with van der Waals surface area (Å²) >= 11 is 0. The van der Waals surface area contributed by atoms with Crippen LogP contribution in [0.25, 0.3) is 0 Å². The topological polar surface area (TPSA) is 88.1 Å². The third kappa shape index (κ3) is 12.7. The number of hydrogen-bond donors (Lipinski definition) is 0. The predicted molar refractivity (Wildman–Crippen MR) is 78.1 cm³/mol. The van der Waals surface area contributed by atoms with Crippen LogP contribution in [0.1, 0.15) is 25.7 Å². The Kier molecular flexibility index (Phi) is 12.2. The Labute approximate surface area is 129 Å². The van der Waals surface area contributed by atoms with Crippen LogP contribution in [0.2, 0.25) is 0 Å². The van der Waals surface area contributed by atoms with Crippen molar-refractivity contribution < 1.29 is 33.3 Å². The smallest absolute Gasteiger partial charge is 0.463 e. The van der Waals surface area contributed by atoms with Gasteiger partial charge < -0.3 is 18.9 Å². The molecule has 0 saturated heterocycles. The molecule has 0 unspecified atom stereocenters. The average molecular weight is 314 g/mol. The number of unbranched alkanes of at least 4 members (excludes halogenated alkanes) is 2. The average Bonchev–Trinajstić information content (AvgIpc) is 2.53. The molecule has 0 aromatic heterocycles. The van der Waals surface area contributed by atoms with E-state index in [2.05, 4.69) is 13.2 Å². The number of hydrogen-bond acceptors (Lipinski definition) is 7. The predicted octanol–water partition coefficient (Wildman–Crippen LogP) is 2.16. The minimum absolute atomic E-state index is 0.196. The highest BCUT2D eigenvalue weighted by Gasteiger charge is 2.04. The van der Waals surface area contributed by atoms with Gasteiger partial charge in [0.2, 0.25) is 0 Å². The zero-order chi connectivity index (χ0) is 16.6. The van der Waals surface area contributed by atoms with Gasteiger partial charge in [-0.05, 0) is 25.7 Å². The van der Waals surface area contributed by atoms with Gasteiger partial charge in [-0.15, -0.1) is 0 Å². The molecule has 7 nitrogen and oxygen atoms in total. The number of esters is 2. The van der Waals surface area contributed by atoms with E-state index < -0.39 is 18.1 Å². The molecule has 0 aliphatic carbocycles. The summed E-state index contributed by atoms with van der Waals surface area (Å²) in [6.45, 7) is 7.44. The van der Waals surface area contributed by atoms with Gasteiger partial charge in [0.05, 0.1) is 26.4 Å². The fourth-order valence-electron chi connectivity index (χ4n) is 1.22. The van der Waals surface area contributed by atoms with Crippen molar-refractivity contribution in [1.82, 2.24) is 0 Å². The molecule has 0 radical (unpaired) electrons. The van der Waals surface area contributed by atoms with E-state index in [0.717, 1.165) is 12.2 Å². The second-order valence-corrected chi connectivity index (χ2v) is 4.10. The number of carbonyl (C=O) groups excluding carboxylic acids is 3. The summed E-state index contributed by atoms with van der Waals surface area (Å²) in [5, 5.41) is 0. The molecule has 0 heterocycles. The lowest BCUT2D eigenvalue weighted by Crippen LogP contribution is -2.11. The molecule has 0 atom stereocenters. The van der Waals surface area contributed by atoms with Crippen LogP contribution in [0.5, 0.6) is 0 Å². The van der Waals surface area contributed by atoms with Crippen molar-refractivity contribution >= 4 is 18.1 Å². The fraction of sp³-hybridized carbons (Fsp3) is 0.533. The van der Waals surface area contributed by atoms with E-state index in [9.17, 15) is 14.4 Å². The molecule has 0 saturated carbocycles. The second kappa shape index (κ2) is 13.7. The highest BCUT2D eigenvalue weighted by molar-refractivity contribution is 5.81. The zero-order valence-corrected chi connectivity index (χ0v) is 12.6. The minimum atomic E-state index is -0.744. The maximum absolute atomic E-state index is 11.2. The molecule has 0 fully saturated rings. The lowest BCUT2D eigenvalue weighted by atomic mass is 10.3. The molecule has 0 amide bonds. The standard InChI is InChI=1S/C15H22O7/c1-3-13(16)19-9-5-7-11-21-15(18)22-12-8-6-10-20-14(17)4-2/h3-4H,1-2,5-12H2. The van der Waals surface area contributed by atoms with Gasteiger partial charge in [-0.3, -0.25) is 0 Å². The van der Waals surface area contributed by atoms with E-state index in [4.69, 9.17) is 18.9 Å². The lowest BCUT2D eigenvalue weighted by Gasteiger charge is -2.06. The molecule has 22 heavy (non-hydrogen) atoms. The molecule has 0 aromatic carbocycles. The summed E-state index contributed by atoms with van der Waals surface area (Å²) in [7, 11) is 0. The Morgan fingerprint density at radius 2 is 0.955 bits per heavy atom. The molecule has 0 N–H and O–H groups in total. The van der Waals surface area contributed by atoms with Crippen LogP contribution in [0.3, 0.4) is 0 Å². The van der Waals surface area contributed by atoms with E-state index in [1.807, 2.05) is 0 Å². The first-order valence-electron chi connectivity index (χ1n) is 6.98. The van der Waals surface area contributed by atoms with Crippen molar-refractivity contribution in [3.63, 3.8) is 0 Å². The number of rotatable bonds is 12. The number of ether oxygens (including phenoxy) is 4. The molecule has 0 aliphatic rings. The van der Waals surface area contributed by atoms with Gasteiger partial charge in [-0.1, -0.05) is 13.2 Å². The Morgan fingerprint density at radius 3 is 1.27 bits per heavy atom. The first-order valence-corrected chi connectivity index (χ1v) is 6.98. The van der Waals surface area contributed by atoms with Crippen LogP contribution in [-0.2, 0) is 28.5 Å². The Hall–Kier alpha value is -2.31. The summed E-state index contributed by atoms with van der Waals surface area (Å²) in [4.78, 5) is 32.6. The Balaban J connectivity index is 3.32. The van der Waals surface area contributed by atoms with Crippen molar-refractivity contribution in [3.05, 3.63) is 25.3 Å². The van der Waals surface area contributed by atoms with Crippen LogP contribution in [0, 0.1) is 0 Å². The van der Waals surface area contributed by atoms with E-state index in [1.54, 1.807) is 0 Å². The summed E-state index contributed by atoms with van der Waals surface area (Å²) < 4.78 is 19.1. The van der Waals surface area contributed by atoms with Crippen molar-refractivity contribution in [1.29, 1.82) is 0 Å². The number of carbonyl (C=O) groups is 3. The third-order valence-electron chi connectivity index (χ3n) is 2.34. The fourth-order valence-corrected chi connectivity index (χ4v) is 1.22. The summed E-state index contributed by atoms with van der Waals surface area (Å²) in [5.74, 6) is -0.946. The highest BCUT2D eigenvalue weighted by atomic mass is 16.7. The van der Waals surface area contributed by atoms with Gasteiger partial charge in [0, 0.05) is 12.2 Å². The van der Waals surface area contributed by atoms with Crippen molar-refractivity contribution in [2.45, 2.75) is 25.7 Å². The van der Waals surface area contributed by atoms with E-state index in [-0.39, 0.29) is 26.4 Å². The van der Waals surface area contributed by atoms with Gasteiger partial charge in [-0.2, -0.15) is 0 Å². The lowest BCUT2D eigenvalue weighted by molar-refractivity contribution is -0.138. The maximum atomic E-state index is 11.2. The zero-order valence-electron chi connectivity index (χ0n) is 12.6. The molecule has 0 aromatic rings. The van der Waals surface area contributed by atoms with E-state index in [1.165, 1.54) is 0 Å². The van der Waals surface area contributed by atoms with E-state index in [0.29, 0.717) is 25.7 Å². The summed E-state index contributed by atoms with van der Waals surface area (Å²) in [6, 6.07) is 0. The highest BCUT2D eigenvalue weighted by Crippen LogP contribution is 1.97. The third-order valence-corrected chi connectivity index (χ3v) is 2.34. The van der Waals surface area contributed by atoms with Gasteiger partial charge in [0.15, 0.2) is 0 Å². The SMILES string of the molecule is C=CC(=O)OCCCCOC(=O)OCCCCOC(=O)C=C. The Morgan fingerprint density at radius 1 is 0.636 bits per heavy atom. The normalized spacial score (nSPS) is 9.45. The first-order chi connectivity index (χ1) is 10.6. The van der Waals surface area contributed by atoms with Crippen LogP contribution in [-0.4, -0.2) is 44.5 Å². The molecule has 7 heteroatoms. The van der Waals surface area contributed by atoms with Crippen molar-refractivity contribution in [3.8, 4) is 0 Å². The first kappa shape index (κ1) is 19.7. The van der Waals surface area contributed by atoms with Crippen LogP contribution < -0.4 is 0 Å². The van der Waals surface area contributed by atoms with Crippen molar-refractivity contribution in [2.24, 2.45) is 0 Å². The molecular formula is C15H22O7. The molecule has 0 rings (SSSR count). The van der Waals surface area contributed by atoms with Gasteiger partial charge in [0.25, 0.3) is 0 Å². The van der Waals surface area contributed by atoms with Gasteiger partial charge >= 0.3 is 18.1 Å². The molecule has 0 aliphatic heterocycles. The molecule has 0 spiro atoms.